The molecule has 2 aromatic carbocycles. The number of carboxylic acids is 2. The van der Waals surface area contributed by atoms with Gasteiger partial charge in [-0.1, -0.05) is 48.5 Å². The van der Waals surface area contributed by atoms with Crippen molar-refractivity contribution in [3.63, 3.8) is 0 Å². The van der Waals surface area contributed by atoms with Crippen LogP contribution in [0.5, 0.6) is 0 Å². The van der Waals surface area contributed by atoms with E-state index in [9.17, 15) is 24.6 Å². The number of likely N-dealkylation sites (tertiary alicyclic amines) is 1. The molecular formula is C22H22N2O6. The smallest absolute Gasteiger partial charge is 0.410 e. The molecule has 8 heteroatoms. The third-order valence-electron chi connectivity index (χ3n) is 5.97. The third kappa shape index (κ3) is 3.29. The molecule has 0 bridgehead atoms. The van der Waals surface area contributed by atoms with E-state index in [1.54, 1.807) is 0 Å². The first-order chi connectivity index (χ1) is 14.3. The number of ether oxygens (including phenoxy) is 1. The maximum absolute atomic E-state index is 12.8. The molecule has 4 rings (SSSR count). The van der Waals surface area contributed by atoms with Gasteiger partial charge in [-0.25, -0.2) is 9.59 Å². The van der Waals surface area contributed by atoms with Gasteiger partial charge < -0.3 is 20.7 Å². The van der Waals surface area contributed by atoms with Crippen molar-refractivity contribution in [2.75, 3.05) is 13.2 Å². The summed E-state index contributed by atoms with van der Waals surface area (Å²) < 4.78 is 5.51. The second kappa shape index (κ2) is 7.46. The summed E-state index contributed by atoms with van der Waals surface area (Å²) in [6.45, 7) is -0.406. The van der Waals surface area contributed by atoms with E-state index >= 15 is 0 Å². The van der Waals surface area contributed by atoms with Crippen LogP contribution in [-0.4, -0.2) is 57.9 Å². The van der Waals surface area contributed by atoms with Crippen LogP contribution in [0.15, 0.2) is 48.5 Å². The zero-order chi connectivity index (χ0) is 21.5. The quantitative estimate of drug-likeness (QED) is 0.705. The molecule has 1 heterocycles. The number of carboxylic acid groups (broad SMARTS) is 2. The minimum atomic E-state index is -1.70. The fraction of sp³-hybridized carbons (Fsp3) is 0.318. The molecule has 2 unspecified atom stereocenters. The first kappa shape index (κ1) is 19.9. The highest BCUT2D eigenvalue weighted by atomic mass is 16.6. The van der Waals surface area contributed by atoms with Gasteiger partial charge in [0.25, 0.3) is 0 Å². The Morgan fingerprint density at radius 3 is 2.13 bits per heavy atom. The lowest BCUT2D eigenvalue weighted by Crippen LogP contribution is -2.64. The number of carbonyl (C=O) groups is 3. The lowest BCUT2D eigenvalue weighted by Gasteiger charge is -2.40. The standard InChI is InChI=1S/C22H22N2O6/c23-22(20(27)28)10-9-18(19(25)26)24(12-22)21(29)30-11-17-15-7-3-1-5-13(15)14-6-2-4-8-16(14)17/h1-8,17-18H,9-12,23H2,(H,25,26)(H,27,28). The van der Waals surface area contributed by atoms with Crippen LogP contribution in [0.2, 0.25) is 0 Å². The number of hydrogen-bond acceptors (Lipinski definition) is 5. The van der Waals surface area contributed by atoms with Crippen molar-refractivity contribution in [2.45, 2.75) is 30.3 Å². The lowest BCUT2D eigenvalue weighted by atomic mass is 9.86. The summed E-state index contributed by atoms with van der Waals surface area (Å²) in [5.41, 5.74) is 8.39. The first-order valence-electron chi connectivity index (χ1n) is 9.68. The van der Waals surface area contributed by atoms with E-state index in [1.807, 2.05) is 48.5 Å². The Bertz CT molecular complexity index is 977. The number of carbonyl (C=O) groups excluding carboxylic acids is 1. The van der Waals surface area contributed by atoms with Crippen molar-refractivity contribution in [3.8, 4) is 11.1 Å². The summed E-state index contributed by atoms with van der Waals surface area (Å²) in [6, 6.07) is 14.5. The van der Waals surface area contributed by atoms with Gasteiger partial charge in [0.15, 0.2) is 0 Å². The number of nitrogens with zero attached hydrogens (tertiary/aromatic N) is 1. The number of piperidine rings is 1. The van der Waals surface area contributed by atoms with Crippen molar-refractivity contribution in [1.29, 1.82) is 0 Å². The molecule has 0 saturated carbocycles. The molecule has 4 N–H and O–H groups in total. The largest absolute Gasteiger partial charge is 0.480 e. The molecule has 1 saturated heterocycles. The van der Waals surface area contributed by atoms with Gasteiger partial charge in [-0.05, 0) is 35.1 Å². The number of fused-ring (bicyclic) bond motifs is 3. The molecule has 30 heavy (non-hydrogen) atoms. The average Bonchev–Trinajstić information content (AvgIpc) is 3.05. The number of benzene rings is 2. The van der Waals surface area contributed by atoms with E-state index in [-0.39, 0.29) is 25.4 Å². The number of nitrogens with two attached hydrogens (primary N) is 1. The van der Waals surface area contributed by atoms with E-state index in [0.29, 0.717) is 0 Å². The number of aliphatic carboxylic acids is 2. The minimum absolute atomic E-state index is 0.0142. The van der Waals surface area contributed by atoms with Gasteiger partial charge in [-0.2, -0.15) is 0 Å². The van der Waals surface area contributed by atoms with Crippen LogP contribution in [0.3, 0.4) is 0 Å². The van der Waals surface area contributed by atoms with Crippen LogP contribution >= 0.6 is 0 Å². The zero-order valence-corrected chi connectivity index (χ0v) is 16.2. The van der Waals surface area contributed by atoms with Crippen LogP contribution in [0, 0.1) is 0 Å². The average molecular weight is 410 g/mol. The molecule has 2 aliphatic rings. The summed E-state index contributed by atoms with van der Waals surface area (Å²) >= 11 is 0. The topological polar surface area (TPSA) is 130 Å². The Morgan fingerprint density at radius 2 is 1.60 bits per heavy atom. The maximum Gasteiger partial charge on any atom is 0.410 e. The van der Waals surface area contributed by atoms with E-state index < -0.39 is 36.2 Å². The summed E-state index contributed by atoms with van der Waals surface area (Å²) in [6.07, 6.45) is -0.963. The highest BCUT2D eigenvalue weighted by Crippen LogP contribution is 2.44. The fourth-order valence-electron chi connectivity index (χ4n) is 4.34. The predicted molar refractivity (Wildman–Crippen MR) is 107 cm³/mol. The fourth-order valence-corrected chi connectivity index (χ4v) is 4.34. The predicted octanol–water partition coefficient (Wildman–Crippen LogP) is 2.27. The molecule has 1 amide bonds. The summed E-state index contributed by atoms with van der Waals surface area (Å²) in [4.78, 5) is 36.8. The molecule has 2 atom stereocenters. The van der Waals surface area contributed by atoms with Crippen LogP contribution < -0.4 is 5.73 Å². The molecule has 1 aliphatic carbocycles. The summed E-state index contributed by atoms with van der Waals surface area (Å²) in [5, 5.41) is 18.9. The lowest BCUT2D eigenvalue weighted by molar-refractivity contribution is -0.152. The summed E-state index contributed by atoms with van der Waals surface area (Å²) in [5.74, 6) is -2.67. The van der Waals surface area contributed by atoms with Gasteiger partial charge in [-0.15, -0.1) is 0 Å². The highest BCUT2D eigenvalue weighted by molar-refractivity contribution is 5.85. The van der Waals surface area contributed by atoms with Gasteiger partial charge in [0.05, 0.1) is 6.54 Å². The minimum Gasteiger partial charge on any atom is -0.480 e. The molecule has 0 radical (unpaired) electrons. The Hall–Kier alpha value is -3.39. The molecule has 1 fully saturated rings. The SMILES string of the molecule is NC1(C(=O)O)CCC(C(=O)O)N(C(=O)OCC2c3ccccc3-c3ccccc32)C1. The van der Waals surface area contributed by atoms with E-state index in [0.717, 1.165) is 27.2 Å². The molecule has 2 aromatic rings. The van der Waals surface area contributed by atoms with E-state index in [1.165, 1.54) is 0 Å². The molecular weight excluding hydrogens is 388 g/mol. The Kier molecular flexibility index (Phi) is 4.95. The van der Waals surface area contributed by atoms with Gasteiger partial charge in [0, 0.05) is 5.92 Å². The van der Waals surface area contributed by atoms with Crippen LogP contribution in [0.25, 0.3) is 11.1 Å². The first-order valence-corrected chi connectivity index (χ1v) is 9.68. The number of amides is 1. The molecule has 156 valence electrons. The molecule has 0 spiro atoms. The maximum atomic E-state index is 12.8. The normalized spacial score (nSPS) is 22.8. The van der Waals surface area contributed by atoms with Crippen LogP contribution in [-0.2, 0) is 14.3 Å². The van der Waals surface area contributed by atoms with Crippen molar-refractivity contribution in [2.24, 2.45) is 5.73 Å². The van der Waals surface area contributed by atoms with Gasteiger partial charge in [-0.3, -0.25) is 9.69 Å². The second-order valence-corrected chi connectivity index (χ2v) is 7.79. The van der Waals surface area contributed by atoms with Crippen molar-refractivity contribution in [3.05, 3.63) is 59.7 Å². The van der Waals surface area contributed by atoms with Crippen molar-refractivity contribution in [1.82, 2.24) is 4.90 Å². The Morgan fingerprint density at radius 1 is 1.03 bits per heavy atom. The Labute approximate surface area is 172 Å². The van der Waals surface area contributed by atoms with Gasteiger partial charge >= 0.3 is 18.0 Å². The zero-order valence-electron chi connectivity index (χ0n) is 16.2. The third-order valence-corrected chi connectivity index (χ3v) is 5.97. The van der Waals surface area contributed by atoms with E-state index in [2.05, 4.69) is 0 Å². The molecule has 8 nitrogen and oxygen atoms in total. The van der Waals surface area contributed by atoms with Crippen molar-refractivity contribution < 1.29 is 29.3 Å². The van der Waals surface area contributed by atoms with Gasteiger partial charge in [0.1, 0.15) is 18.2 Å². The Balaban J connectivity index is 1.55. The monoisotopic (exact) mass is 410 g/mol. The number of hydrogen-bond donors (Lipinski definition) is 3. The van der Waals surface area contributed by atoms with Crippen LogP contribution in [0.1, 0.15) is 29.9 Å². The molecule has 1 aliphatic heterocycles. The number of rotatable bonds is 4. The summed E-state index contributed by atoms with van der Waals surface area (Å²) in [7, 11) is 0. The van der Waals surface area contributed by atoms with Crippen molar-refractivity contribution >= 4 is 18.0 Å². The second-order valence-electron chi connectivity index (χ2n) is 7.79. The highest BCUT2D eigenvalue weighted by Gasteiger charge is 2.47. The molecule has 0 aromatic heterocycles. The van der Waals surface area contributed by atoms with E-state index in [4.69, 9.17) is 10.5 Å². The van der Waals surface area contributed by atoms with Gasteiger partial charge in [0.2, 0.25) is 0 Å². The van der Waals surface area contributed by atoms with Crippen LogP contribution in [0.4, 0.5) is 4.79 Å².